The van der Waals surface area contributed by atoms with Crippen LogP contribution in [0.4, 0.5) is 4.39 Å². The second-order valence-corrected chi connectivity index (χ2v) is 4.25. The predicted molar refractivity (Wildman–Crippen MR) is 68.1 cm³/mol. The summed E-state index contributed by atoms with van der Waals surface area (Å²) in [5.74, 6) is -3.18. The van der Waals surface area contributed by atoms with Crippen molar-refractivity contribution in [1.29, 1.82) is 0 Å². The molecule has 0 amide bonds. The van der Waals surface area contributed by atoms with Gasteiger partial charge in [0.1, 0.15) is 0 Å². The van der Waals surface area contributed by atoms with E-state index >= 15 is 0 Å². The van der Waals surface area contributed by atoms with E-state index < -0.39 is 11.9 Å². The molecule has 1 aromatic heterocycles. The number of methoxy groups -OCH3 is 2. The average Bonchev–Trinajstić information content (AvgIpc) is 2.89. The van der Waals surface area contributed by atoms with Crippen molar-refractivity contribution in [3.8, 4) is 0 Å². The fourth-order valence-electron chi connectivity index (χ4n) is 1.97. The minimum absolute atomic E-state index is 0.279. The largest absolute Gasteiger partial charge is 0.338 e. The van der Waals surface area contributed by atoms with E-state index in [0.29, 0.717) is 0 Å². The standard InChI is InChI=1S/C13H16FN3O3/c1-9(10-7-5-4-6-8-10)17-11(12(14)15-16-17)13(18,19-2)20-3/h4-9,18H,1-3H3/t9-/m1/s1. The Hall–Kier alpha value is -1.83. The summed E-state index contributed by atoms with van der Waals surface area (Å²) in [4.78, 5) is 0. The SMILES string of the molecule is COC(O)(OC)c1c(F)nnn1[C@H](C)c1ccccc1. The van der Waals surface area contributed by atoms with E-state index in [1.54, 1.807) is 6.92 Å². The van der Waals surface area contributed by atoms with Crippen molar-refractivity contribution in [1.82, 2.24) is 15.0 Å². The van der Waals surface area contributed by atoms with E-state index in [-0.39, 0.29) is 11.7 Å². The van der Waals surface area contributed by atoms with E-state index in [1.165, 1.54) is 18.9 Å². The number of nitrogens with zero attached hydrogens (tertiary/aromatic N) is 3. The molecule has 1 N–H and O–H groups in total. The van der Waals surface area contributed by atoms with Crippen molar-refractivity contribution >= 4 is 0 Å². The molecule has 1 atom stereocenters. The number of ether oxygens (including phenoxy) is 2. The molecule has 0 aliphatic heterocycles. The molecule has 0 saturated carbocycles. The molecular formula is C13H16FN3O3. The molecule has 1 heterocycles. The molecule has 0 spiro atoms. The van der Waals surface area contributed by atoms with Crippen LogP contribution >= 0.6 is 0 Å². The quantitative estimate of drug-likeness (QED) is 0.839. The Morgan fingerprint density at radius 1 is 1.25 bits per heavy atom. The molecule has 6 nitrogen and oxygen atoms in total. The van der Waals surface area contributed by atoms with Crippen LogP contribution in [-0.4, -0.2) is 34.3 Å². The van der Waals surface area contributed by atoms with Crippen molar-refractivity contribution in [2.24, 2.45) is 0 Å². The minimum atomic E-state index is -2.24. The van der Waals surface area contributed by atoms with Gasteiger partial charge in [-0.3, -0.25) is 0 Å². The van der Waals surface area contributed by atoms with Gasteiger partial charge in [0.15, 0.2) is 5.69 Å². The van der Waals surface area contributed by atoms with E-state index in [1.807, 2.05) is 30.3 Å². The topological polar surface area (TPSA) is 69.4 Å². The predicted octanol–water partition coefficient (Wildman–Crippen LogP) is 1.42. The van der Waals surface area contributed by atoms with Gasteiger partial charge < -0.3 is 14.6 Å². The first kappa shape index (κ1) is 14.6. The van der Waals surface area contributed by atoms with Gasteiger partial charge in [-0.25, -0.2) is 4.68 Å². The van der Waals surface area contributed by atoms with Gasteiger partial charge in [0.25, 0.3) is 5.95 Å². The molecule has 0 saturated heterocycles. The molecule has 20 heavy (non-hydrogen) atoms. The summed E-state index contributed by atoms with van der Waals surface area (Å²) in [6, 6.07) is 8.98. The van der Waals surface area contributed by atoms with E-state index in [9.17, 15) is 9.50 Å². The highest BCUT2D eigenvalue weighted by molar-refractivity contribution is 5.20. The van der Waals surface area contributed by atoms with Gasteiger partial charge in [-0.2, -0.15) is 4.39 Å². The fraction of sp³-hybridized carbons (Fsp3) is 0.385. The molecule has 108 valence electrons. The van der Waals surface area contributed by atoms with Gasteiger partial charge >= 0.3 is 5.97 Å². The van der Waals surface area contributed by atoms with Crippen LogP contribution in [0.15, 0.2) is 30.3 Å². The van der Waals surface area contributed by atoms with Gasteiger partial charge in [0, 0.05) is 14.2 Å². The monoisotopic (exact) mass is 281 g/mol. The maximum atomic E-state index is 13.8. The van der Waals surface area contributed by atoms with Gasteiger partial charge in [-0.1, -0.05) is 40.6 Å². The fourth-order valence-corrected chi connectivity index (χ4v) is 1.97. The molecule has 2 aromatic rings. The maximum absolute atomic E-state index is 13.8. The summed E-state index contributed by atoms with van der Waals surface area (Å²) in [5, 5.41) is 17.2. The van der Waals surface area contributed by atoms with E-state index in [2.05, 4.69) is 10.3 Å². The second-order valence-electron chi connectivity index (χ2n) is 4.25. The summed E-state index contributed by atoms with van der Waals surface area (Å²) in [6.07, 6.45) is 0. The Bertz CT molecular complexity index is 569. The lowest BCUT2D eigenvalue weighted by Crippen LogP contribution is -2.35. The van der Waals surface area contributed by atoms with E-state index in [0.717, 1.165) is 5.56 Å². The number of rotatable bonds is 5. The highest BCUT2D eigenvalue weighted by Crippen LogP contribution is 2.28. The normalized spacial score (nSPS) is 13.4. The summed E-state index contributed by atoms with van der Waals surface area (Å²) in [7, 11) is 2.40. The molecule has 0 fully saturated rings. The minimum Gasteiger partial charge on any atom is -0.338 e. The van der Waals surface area contributed by atoms with Gasteiger partial charge in [0.2, 0.25) is 0 Å². The number of halogens is 1. The Balaban J connectivity index is 2.49. The zero-order valence-corrected chi connectivity index (χ0v) is 11.4. The Morgan fingerprint density at radius 2 is 1.85 bits per heavy atom. The van der Waals surface area contributed by atoms with Crippen LogP contribution in [0.1, 0.15) is 24.2 Å². The number of hydrogen-bond donors (Lipinski definition) is 1. The Labute approximate surface area is 115 Å². The summed E-state index contributed by atoms with van der Waals surface area (Å²) in [6.45, 7) is 1.80. The molecule has 1 aromatic carbocycles. The lowest BCUT2D eigenvalue weighted by Gasteiger charge is -2.26. The number of aliphatic hydroxyl groups is 1. The van der Waals surface area contributed by atoms with Crippen LogP contribution in [0.2, 0.25) is 0 Å². The number of aromatic nitrogens is 3. The summed E-state index contributed by atoms with van der Waals surface area (Å²) in [5.41, 5.74) is 0.604. The lowest BCUT2D eigenvalue weighted by atomic mass is 10.1. The zero-order chi connectivity index (χ0) is 14.8. The van der Waals surface area contributed by atoms with Crippen LogP contribution in [-0.2, 0) is 15.4 Å². The first-order chi connectivity index (χ1) is 9.53. The molecule has 0 bridgehead atoms. The van der Waals surface area contributed by atoms with Crippen LogP contribution in [0.3, 0.4) is 0 Å². The summed E-state index contributed by atoms with van der Waals surface area (Å²) < 4.78 is 24.7. The zero-order valence-electron chi connectivity index (χ0n) is 11.4. The average molecular weight is 281 g/mol. The van der Waals surface area contributed by atoms with Crippen molar-refractivity contribution in [3.63, 3.8) is 0 Å². The van der Waals surface area contributed by atoms with Crippen molar-refractivity contribution in [2.45, 2.75) is 18.9 Å². The molecular weight excluding hydrogens is 265 g/mol. The Morgan fingerprint density at radius 3 is 2.40 bits per heavy atom. The van der Waals surface area contributed by atoms with Gasteiger partial charge in [-0.05, 0) is 12.5 Å². The highest BCUT2D eigenvalue weighted by atomic mass is 19.1. The number of benzene rings is 1. The Kier molecular flexibility index (Phi) is 4.12. The van der Waals surface area contributed by atoms with Gasteiger partial charge in [0.05, 0.1) is 6.04 Å². The maximum Gasteiger partial charge on any atom is 0.331 e. The molecule has 0 aliphatic rings. The molecule has 0 radical (unpaired) electrons. The van der Waals surface area contributed by atoms with Crippen molar-refractivity contribution < 1.29 is 19.0 Å². The van der Waals surface area contributed by atoms with Crippen molar-refractivity contribution in [2.75, 3.05) is 14.2 Å². The number of hydrogen-bond acceptors (Lipinski definition) is 5. The molecule has 0 unspecified atom stereocenters. The lowest BCUT2D eigenvalue weighted by molar-refractivity contribution is -0.357. The third kappa shape index (κ3) is 2.43. The molecule has 0 aliphatic carbocycles. The highest BCUT2D eigenvalue weighted by Gasteiger charge is 2.39. The van der Waals surface area contributed by atoms with Gasteiger partial charge in [-0.15, -0.1) is 0 Å². The van der Waals surface area contributed by atoms with Crippen LogP contribution < -0.4 is 0 Å². The van der Waals surface area contributed by atoms with Crippen LogP contribution in [0.25, 0.3) is 0 Å². The third-order valence-electron chi connectivity index (χ3n) is 3.15. The smallest absolute Gasteiger partial charge is 0.331 e. The molecule has 2 rings (SSSR count). The third-order valence-corrected chi connectivity index (χ3v) is 3.15. The van der Waals surface area contributed by atoms with E-state index in [4.69, 9.17) is 9.47 Å². The van der Waals surface area contributed by atoms with Crippen LogP contribution in [0.5, 0.6) is 0 Å². The van der Waals surface area contributed by atoms with Crippen molar-refractivity contribution in [3.05, 3.63) is 47.5 Å². The molecule has 7 heteroatoms. The summed E-state index contributed by atoms with van der Waals surface area (Å²) >= 11 is 0. The first-order valence-corrected chi connectivity index (χ1v) is 6.02. The second kappa shape index (κ2) is 5.66. The van der Waals surface area contributed by atoms with Crippen LogP contribution in [0, 0.1) is 5.95 Å². The first-order valence-electron chi connectivity index (χ1n) is 6.02.